The molecular weight excluding hydrogens is 413 g/mol. The molecule has 0 fully saturated rings. The number of halogens is 2. The summed E-state index contributed by atoms with van der Waals surface area (Å²) in [5.41, 5.74) is 2.79. The first-order valence-corrected chi connectivity index (χ1v) is 6.06. The van der Waals surface area contributed by atoms with Gasteiger partial charge in [0.1, 0.15) is 13.1 Å². The maximum atomic E-state index is 2.28. The molecule has 0 unspecified atom stereocenters. The summed E-state index contributed by atoms with van der Waals surface area (Å²) in [7, 11) is 4.56. The molecule has 19 heavy (non-hydrogen) atoms. The van der Waals surface area contributed by atoms with Crippen molar-refractivity contribution in [1.29, 1.82) is 0 Å². The van der Waals surface area contributed by atoms with Crippen LogP contribution in [0.15, 0.2) is 60.7 Å². The van der Waals surface area contributed by atoms with Gasteiger partial charge in [-0.15, -0.1) is 0 Å². The van der Waals surface area contributed by atoms with E-state index in [2.05, 4.69) is 74.8 Å². The van der Waals surface area contributed by atoms with Crippen LogP contribution in [-0.4, -0.2) is 18.6 Å². The molecule has 3 heteroatoms. The Hall–Kier alpha value is -0.390. The minimum Gasteiger partial charge on any atom is -1.00 e. The summed E-state index contributed by atoms with van der Waals surface area (Å²) in [5, 5.41) is 0. The third kappa shape index (κ3) is 6.54. The second-order valence-electron chi connectivity index (χ2n) is 5.22. The fourth-order valence-corrected chi connectivity index (χ4v) is 2.21. The third-order valence-corrected chi connectivity index (χ3v) is 2.91. The predicted octanol–water partition coefficient (Wildman–Crippen LogP) is -2.53. The van der Waals surface area contributed by atoms with Crippen LogP contribution in [0.5, 0.6) is 0 Å². The van der Waals surface area contributed by atoms with Gasteiger partial charge in [0.2, 0.25) is 0 Å². The molecule has 0 atom stereocenters. The third-order valence-electron chi connectivity index (χ3n) is 2.91. The van der Waals surface area contributed by atoms with Gasteiger partial charge >= 0.3 is 0 Å². The van der Waals surface area contributed by atoms with E-state index in [9.17, 15) is 0 Å². The Balaban J connectivity index is 0.00000162. The van der Waals surface area contributed by atoms with Crippen molar-refractivity contribution >= 4 is 0 Å². The number of benzene rings is 2. The van der Waals surface area contributed by atoms with Gasteiger partial charge in [-0.3, -0.25) is 0 Å². The number of rotatable bonds is 4. The normalized spacial score (nSPS) is 10.2. The molecule has 0 radical (unpaired) electrons. The summed E-state index contributed by atoms with van der Waals surface area (Å²) in [6.07, 6.45) is 0. The lowest BCUT2D eigenvalue weighted by atomic mass is 10.1. The van der Waals surface area contributed by atoms with E-state index >= 15 is 0 Å². The van der Waals surface area contributed by atoms with E-state index in [-0.39, 0.29) is 41.0 Å². The van der Waals surface area contributed by atoms with E-state index < -0.39 is 0 Å². The van der Waals surface area contributed by atoms with Crippen molar-refractivity contribution in [3.05, 3.63) is 71.8 Å². The molecule has 0 saturated carbocycles. The summed E-state index contributed by atoms with van der Waals surface area (Å²) in [6, 6.07) is 21.4. The molecule has 0 N–H and O–H groups in total. The summed E-state index contributed by atoms with van der Waals surface area (Å²) < 4.78 is 0.980. The first kappa shape index (κ1) is 18.6. The Morgan fingerprint density at radius 1 is 0.684 bits per heavy atom. The highest BCUT2D eigenvalue weighted by Gasteiger charge is 2.16. The molecule has 2 rings (SSSR count). The fourth-order valence-electron chi connectivity index (χ4n) is 2.21. The molecule has 104 valence electrons. The van der Waals surface area contributed by atoms with Gasteiger partial charge in [-0.05, 0) is 0 Å². The minimum absolute atomic E-state index is 0. The lowest BCUT2D eigenvalue weighted by Crippen LogP contribution is -3.00. The van der Waals surface area contributed by atoms with Crippen molar-refractivity contribution < 1.29 is 45.4 Å². The average molecular weight is 433 g/mol. The van der Waals surface area contributed by atoms with E-state index in [0.717, 1.165) is 17.6 Å². The van der Waals surface area contributed by atoms with Gasteiger partial charge in [-0.1, -0.05) is 60.7 Å². The molecule has 0 spiro atoms. The lowest BCUT2D eigenvalue weighted by Gasteiger charge is -2.30. The van der Waals surface area contributed by atoms with Crippen molar-refractivity contribution in [3.63, 3.8) is 0 Å². The zero-order valence-electron chi connectivity index (χ0n) is 11.4. The van der Waals surface area contributed by atoms with Crippen LogP contribution in [0.3, 0.4) is 0 Å². The highest BCUT2D eigenvalue weighted by molar-refractivity contribution is 5.15. The van der Waals surface area contributed by atoms with Crippen molar-refractivity contribution in [3.8, 4) is 0 Å². The second-order valence-corrected chi connectivity index (χ2v) is 5.22. The van der Waals surface area contributed by atoms with E-state index in [4.69, 9.17) is 0 Å². The van der Waals surface area contributed by atoms with E-state index in [1.54, 1.807) is 0 Å². The van der Waals surface area contributed by atoms with Crippen molar-refractivity contribution in [1.82, 2.24) is 0 Å². The van der Waals surface area contributed by atoms with Crippen LogP contribution < -0.4 is 41.0 Å². The van der Waals surface area contributed by atoms with E-state index in [1.807, 2.05) is 0 Å². The van der Waals surface area contributed by atoms with Crippen molar-refractivity contribution in [2.45, 2.75) is 13.1 Å². The first-order chi connectivity index (χ1) is 8.16. The number of quaternary nitrogens is 1. The smallest absolute Gasteiger partial charge is 0.104 e. The predicted molar refractivity (Wildman–Crippen MR) is 72.4 cm³/mol. The van der Waals surface area contributed by atoms with Crippen LogP contribution >= 0.6 is 0 Å². The van der Waals surface area contributed by atoms with Gasteiger partial charge in [-0.2, -0.15) is 0 Å². The molecule has 0 heterocycles. The highest BCUT2D eigenvalue weighted by Crippen LogP contribution is 2.14. The number of hydrogen-bond acceptors (Lipinski definition) is 0. The molecule has 2 aromatic rings. The molecule has 0 bridgehead atoms. The van der Waals surface area contributed by atoms with E-state index in [0.29, 0.717) is 0 Å². The van der Waals surface area contributed by atoms with Gasteiger partial charge in [0.05, 0.1) is 14.1 Å². The number of hydrogen-bond donors (Lipinski definition) is 0. The maximum absolute atomic E-state index is 2.28. The summed E-state index contributed by atoms with van der Waals surface area (Å²) in [6.45, 7) is 2.13. The largest absolute Gasteiger partial charge is 1.00 e. The molecule has 1 nitrogen and oxygen atoms in total. The molecule has 2 aromatic carbocycles. The van der Waals surface area contributed by atoms with Crippen LogP contribution in [0.2, 0.25) is 0 Å². The molecule has 0 saturated heterocycles. The molecule has 0 aromatic heterocycles. The van der Waals surface area contributed by atoms with Crippen LogP contribution in [0.4, 0.5) is 0 Å². The zero-order valence-corrected chi connectivity index (χ0v) is 15.1. The average Bonchev–Trinajstić information content (AvgIpc) is 2.30. The van der Waals surface area contributed by atoms with Gasteiger partial charge < -0.3 is 45.4 Å². The Labute approximate surface area is 144 Å². The summed E-state index contributed by atoms with van der Waals surface area (Å²) in [5.74, 6) is 0. The van der Waals surface area contributed by atoms with Crippen LogP contribution in [-0.2, 0) is 13.1 Å². The topological polar surface area (TPSA) is 0 Å². The van der Waals surface area contributed by atoms with Gasteiger partial charge in [0.25, 0.3) is 0 Å². The Morgan fingerprint density at radius 2 is 1.00 bits per heavy atom. The van der Waals surface area contributed by atoms with Crippen LogP contribution in [0.1, 0.15) is 11.1 Å². The molecule has 0 aliphatic heterocycles. The molecule has 0 aliphatic rings. The molecule has 0 amide bonds. The van der Waals surface area contributed by atoms with Crippen LogP contribution in [0, 0.1) is 0 Å². The SMILES string of the molecule is C[N+](C)(Cc1ccccc1)Cc1ccccc1.[Br-].[I-]. The summed E-state index contributed by atoms with van der Waals surface area (Å²) >= 11 is 0. The van der Waals surface area contributed by atoms with Gasteiger partial charge in [0.15, 0.2) is 0 Å². The Bertz CT molecular complexity index is 413. The van der Waals surface area contributed by atoms with Gasteiger partial charge in [-0.25, -0.2) is 0 Å². The molecular formula is C16H20BrIN-. The number of nitrogens with zero attached hydrogens (tertiary/aromatic N) is 1. The molecule has 0 aliphatic carbocycles. The second kappa shape index (κ2) is 8.72. The first-order valence-electron chi connectivity index (χ1n) is 6.06. The van der Waals surface area contributed by atoms with Crippen LogP contribution in [0.25, 0.3) is 0 Å². The minimum atomic E-state index is 0. The zero-order chi connectivity index (χ0) is 12.1. The lowest BCUT2D eigenvalue weighted by molar-refractivity contribution is -0.916. The Morgan fingerprint density at radius 3 is 1.32 bits per heavy atom. The maximum Gasteiger partial charge on any atom is 0.104 e. The van der Waals surface area contributed by atoms with E-state index in [1.165, 1.54) is 11.1 Å². The standard InChI is InChI=1S/C16H20N.BrH.HI/c1-17(2,13-15-9-5-3-6-10-15)14-16-11-7-4-8-12-16;;/h3-12H,13-14H2,1-2H3;2*1H/q+1;;/p-2. The quantitative estimate of drug-likeness (QED) is 0.369. The summed E-state index contributed by atoms with van der Waals surface area (Å²) in [4.78, 5) is 0. The Kier molecular flexibility index (Phi) is 8.54. The van der Waals surface area contributed by atoms with Crippen molar-refractivity contribution in [2.75, 3.05) is 14.1 Å². The fraction of sp³-hybridized carbons (Fsp3) is 0.250. The van der Waals surface area contributed by atoms with Crippen molar-refractivity contribution in [2.24, 2.45) is 0 Å². The highest BCUT2D eigenvalue weighted by atomic mass is 127. The van der Waals surface area contributed by atoms with Gasteiger partial charge in [0, 0.05) is 11.1 Å². The monoisotopic (exact) mass is 432 g/mol.